The van der Waals surface area contributed by atoms with Gasteiger partial charge in [0.15, 0.2) is 0 Å². The van der Waals surface area contributed by atoms with Gasteiger partial charge in [0.2, 0.25) is 11.8 Å². The van der Waals surface area contributed by atoms with Gasteiger partial charge in [0, 0.05) is 24.7 Å². The number of nitrogens with one attached hydrogen (secondary N) is 1. The van der Waals surface area contributed by atoms with Crippen molar-refractivity contribution in [2.24, 2.45) is 0 Å². The normalized spacial score (nSPS) is 14.7. The van der Waals surface area contributed by atoms with E-state index < -0.39 is 5.97 Å². The first-order valence-electron chi connectivity index (χ1n) is 6.63. The molecule has 0 radical (unpaired) electrons. The number of carboxylic acids is 1. The molecule has 21 heavy (non-hydrogen) atoms. The van der Waals surface area contributed by atoms with Crippen LogP contribution in [0.2, 0.25) is 0 Å². The molecule has 1 aliphatic heterocycles. The zero-order valence-electron chi connectivity index (χ0n) is 11.4. The van der Waals surface area contributed by atoms with Gasteiger partial charge >= 0.3 is 5.97 Å². The van der Waals surface area contributed by atoms with E-state index in [0.29, 0.717) is 24.2 Å². The van der Waals surface area contributed by atoms with Crippen LogP contribution in [0.15, 0.2) is 30.3 Å². The molecule has 0 unspecified atom stereocenters. The van der Waals surface area contributed by atoms with Crippen LogP contribution in [-0.4, -0.2) is 40.9 Å². The van der Waals surface area contributed by atoms with Crippen LogP contribution >= 0.6 is 0 Å². The number of amides is 2. The molecule has 2 amide bonds. The van der Waals surface area contributed by atoms with E-state index in [1.165, 1.54) is 11.0 Å². The zero-order valence-corrected chi connectivity index (χ0v) is 11.4. The molecule has 2 N–H and O–H groups in total. The van der Waals surface area contributed by atoms with E-state index in [1.807, 2.05) is 0 Å². The van der Waals surface area contributed by atoms with Crippen molar-refractivity contribution in [3.05, 3.63) is 35.9 Å². The van der Waals surface area contributed by atoms with Crippen molar-refractivity contribution in [3.8, 4) is 0 Å². The fourth-order valence-electron chi connectivity index (χ4n) is 2.13. The van der Waals surface area contributed by atoms with Gasteiger partial charge in [-0.1, -0.05) is 12.1 Å². The predicted molar refractivity (Wildman–Crippen MR) is 77.6 cm³/mol. The summed E-state index contributed by atoms with van der Waals surface area (Å²) in [7, 11) is 0. The molecule has 0 bridgehead atoms. The lowest BCUT2D eigenvalue weighted by molar-refractivity contribution is -0.131. The molecule has 6 nitrogen and oxygen atoms in total. The van der Waals surface area contributed by atoms with Crippen LogP contribution in [0.25, 0.3) is 6.08 Å². The molecule has 1 fully saturated rings. The Kier molecular flexibility index (Phi) is 4.71. The van der Waals surface area contributed by atoms with Gasteiger partial charge in [0.1, 0.15) is 0 Å². The standard InChI is InChI=1S/C15H16N2O4/c18-13(10-17-8-2-5-14(17)19)16-12-4-1-3-11(9-12)6-7-15(20)21/h1,3-4,6-7,9H,2,5,8,10H2,(H,16,18)(H,20,21)/b7-6+. The maximum Gasteiger partial charge on any atom is 0.328 e. The molecule has 0 atom stereocenters. The minimum atomic E-state index is -1.03. The molecule has 1 aromatic rings. The number of carbonyl (C=O) groups excluding carboxylic acids is 2. The van der Waals surface area contributed by atoms with Crippen LogP contribution in [0.4, 0.5) is 5.69 Å². The number of anilines is 1. The number of nitrogens with zero attached hydrogens (tertiary/aromatic N) is 1. The second-order valence-corrected chi connectivity index (χ2v) is 4.76. The molecule has 0 aliphatic carbocycles. The molecule has 110 valence electrons. The van der Waals surface area contributed by atoms with Crippen molar-refractivity contribution in [2.45, 2.75) is 12.8 Å². The lowest BCUT2D eigenvalue weighted by Crippen LogP contribution is -2.33. The van der Waals surface area contributed by atoms with Gasteiger partial charge < -0.3 is 15.3 Å². The number of hydrogen-bond acceptors (Lipinski definition) is 3. The topological polar surface area (TPSA) is 86.7 Å². The van der Waals surface area contributed by atoms with E-state index >= 15 is 0 Å². The van der Waals surface area contributed by atoms with Gasteiger partial charge in [-0.3, -0.25) is 9.59 Å². The number of aliphatic carboxylic acids is 1. The average molecular weight is 288 g/mol. The molecule has 2 rings (SSSR count). The van der Waals surface area contributed by atoms with E-state index in [-0.39, 0.29) is 18.4 Å². The monoisotopic (exact) mass is 288 g/mol. The Morgan fingerprint density at radius 2 is 2.19 bits per heavy atom. The Bertz CT molecular complexity index is 595. The minimum absolute atomic E-state index is 0.00305. The number of benzene rings is 1. The van der Waals surface area contributed by atoms with Crippen LogP contribution in [0, 0.1) is 0 Å². The third-order valence-corrected chi connectivity index (χ3v) is 3.09. The van der Waals surface area contributed by atoms with Gasteiger partial charge in [0.25, 0.3) is 0 Å². The summed E-state index contributed by atoms with van der Waals surface area (Å²) in [5.74, 6) is -1.29. The second kappa shape index (κ2) is 6.69. The average Bonchev–Trinajstić information content (AvgIpc) is 2.82. The molecule has 0 saturated carbocycles. The van der Waals surface area contributed by atoms with Crippen LogP contribution in [0.3, 0.4) is 0 Å². The van der Waals surface area contributed by atoms with Crippen LogP contribution in [0.5, 0.6) is 0 Å². The first-order valence-corrected chi connectivity index (χ1v) is 6.63. The van der Waals surface area contributed by atoms with E-state index in [0.717, 1.165) is 12.5 Å². The zero-order chi connectivity index (χ0) is 15.2. The van der Waals surface area contributed by atoms with Crippen LogP contribution in [-0.2, 0) is 14.4 Å². The number of hydrogen-bond donors (Lipinski definition) is 2. The lowest BCUT2D eigenvalue weighted by atomic mass is 10.2. The maximum atomic E-state index is 11.9. The van der Waals surface area contributed by atoms with Crippen molar-refractivity contribution in [1.29, 1.82) is 0 Å². The minimum Gasteiger partial charge on any atom is -0.478 e. The summed E-state index contributed by atoms with van der Waals surface area (Å²) in [6, 6.07) is 6.84. The number of carboxylic acid groups (broad SMARTS) is 1. The lowest BCUT2D eigenvalue weighted by Gasteiger charge is -2.15. The molecule has 0 aromatic heterocycles. The van der Waals surface area contributed by atoms with E-state index in [2.05, 4.69) is 5.32 Å². The highest BCUT2D eigenvalue weighted by atomic mass is 16.4. The molecule has 1 aromatic carbocycles. The molecule has 6 heteroatoms. The van der Waals surface area contributed by atoms with Crippen molar-refractivity contribution < 1.29 is 19.5 Å². The highest BCUT2D eigenvalue weighted by Gasteiger charge is 2.22. The smallest absolute Gasteiger partial charge is 0.328 e. The van der Waals surface area contributed by atoms with E-state index in [9.17, 15) is 14.4 Å². The third-order valence-electron chi connectivity index (χ3n) is 3.09. The molecule has 1 saturated heterocycles. The van der Waals surface area contributed by atoms with Crippen molar-refractivity contribution >= 4 is 29.5 Å². The van der Waals surface area contributed by atoms with E-state index in [1.54, 1.807) is 24.3 Å². The van der Waals surface area contributed by atoms with Crippen molar-refractivity contribution in [1.82, 2.24) is 4.90 Å². The Morgan fingerprint density at radius 1 is 1.38 bits per heavy atom. The van der Waals surface area contributed by atoms with E-state index in [4.69, 9.17) is 5.11 Å². The fraction of sp³-hybridized carbons (Fsp3) is 0.267. The van der Waals surface area contributed by atoms with Gasteiger partial charge in [0.05, 0.1) is 6.54 Å². The highest BCUT2D eigenvalue weighted by molar-refractivity contribution is 5.95. The molecular formula is C15H16N2O4. The first-order chi connectivity index (χ1) is 10.0. The Labute approximate surface area is 122 Å². The summed E-state index contributed by atoms with van der Waals surface area (Å²) in [4.78, 5) is 35.3. The molecule has 1 aliphatic rings. The summed E-state index contributed by atoms with van der Waals surface area (Å²) >= 11 is 0. The summed E-state index contributed by atoms with van der Waals surface area (Å²) in [5, 5.41) is 11.3. The SMILES string of the molecule is O=C(O)/C=C/c1cccc(NC(=O)CN2CCCC2=O)c1. The summed E-state index contributed by atoms with van der Waals surface area (Å²) < 4.78 is 0. The molecular weight excluding hydrogens is 272 g/mol. The Morgan fingerprint density at radius 3 is 2.86 bits per heavy atom. The number of likely N-dealkylation sites (tertiary alicyclic amines) is 1. The van der Waals surface area contributed by atoms with Crippen LogP contribution < -0.4 is 5.32 Å². The quantitative estimate of drug-likeness (QED) is 0.801. The third kappa shape index (κ3) is 4.45. The van der Waals surface area contributed by atoms with Gasteiger partial charge in [-0.15, -0.1) is 0 Å². The highest BCUT2D eigenvalue weighted by Crippen LogP contribution is 2.13. The Hall–Kier alpha value is -2.63. The first kappa shape index (κ1) is 14.8. The Balaban J connectivity index is 1.95. The van der Waals surface area contributed by atoms with Gasteiger partial charge in [-0.2, -0.15) is 0 Å². The fourth-order valence-corrected chi connectivity index (χ4v) is 2.13. The summed E-state index contributed by atoms with van der Waals surface area (Å²) in [5.41, 5.74) is 1.24. The number of rotatable bonds is 5. The molecule has 1 heterocycles. The molecule has 0 spiro atoms. The summed E-state index contributed by atoms with van der Waals surface area (Å²) in [6.07, 6.45) is 3.77. The predicted octanol–water partition coefficient (Wildman–Crippen LogP) is 1.35. The van der Waals surface area contributed by atoms with Crippen LogP contribution in [0.1, 0.15) is 18.4 Å². The maximum absolute atomic E-state index is 11.9. The van der Waals surface area contributed by atoms with Gasteiger partial charge in [-0.25, -0.2) is 4.79 Å². The van der Waals surface area contributed by atoms with Crippen molar-refractivity contribution in [3.63, 3.8) is 0 Å². The van der Waals surface area contributed by atoms with Gasteiger partial charge in [-0.05, 0) is 30.2 Å². The van der Waals surface area contributed by atoms with Crippen molar-refractivity contribution in [2.75, 3.05) is 18.4 Å². The number of carbonyl (C=O) groups is 3. The summed E-state index contributed by atoms with van der Waals surface area (Å²) in [6.45, 7) is 0.668. The second-order valence-electron chi connectivity index (χ2n) is 4.76. The largest absolute Gasteiger partial charge is 0.478 e.